The van der Waals surface area contributed by atoms with E-state index in [1.165, 1.54) is 0 Å². The van der Waals surface area contributed by atoms with E-state index < -0.39 is 12.1 Å². The summed E-state index contributed by atoms with van der Waals surface area (Å²) in [7, 11) is 3.15. The fourth-order valence-corrected chi connectivity index (χ4v) is 3.69. The first-order chi connectivity index (χ1) is 13.9. The highest BCUT2D eigenvalue weighted by Crippen LogP contribution is 2.32. The lowest BCUT2D eigenvalue weighted by Gasteiger charge is -2.26. The minimum absolute atomic E-state index is 0.0489. The average molecular weight is 397 g/mol. The highest BCUT2D eigenvalue weighted by molar-refractivity contribution is 5.99. The van der Waals surface area contributed by atoms with Gasteiger partial charge in [-0.25, -0.2) is 0 Å². The van der Waals surface area contributed by atoms with Crippen molar-refractivity contribution in [1.82, 2.24) is 0 Å². The first-order valence-electron chi connectivity index (χ1n) is 9.76. The van der Waals surface area contributed by atoms with E-state index >= 15 is 0 Å². The van der Waals surface area contributed by atoms with Gasteiger partial charge < -0.3 is 19.1 Å². The summed E-state index contributed by atoms with van der Waals surface area (Å²) in [5, 5.41) is 0. The minimum Gasteiger partial charge on any atom is -0.493 e. The van der Waals surface area contributed by atoms with Gasteiger partial charge in [0.25, 0.3) is 5.91 Å². The third-order valence-corrected chi connectivity index (χ3v) is 5.17. The molecule has 0 aromatic heterocycles. The molecule has 29 heavy (non-hydrogen) atoms. The van der Waals surface area contributed by atoms with Gasteiger partial charge in [0.2, 0.25) is 0 Å². The van der Waals surface area contributed by atoms with Crippen molar-refractivity contribution in [1.29, 1.82) is 0 Å². The Bertz CT molecular complexity index is 895. The molecule has 2 atom stereocenters. The van der Waals surface area contributed by atoms with Crippen molar-refractivity contribution in [3.63, 3.8) is 0 Å². The molecule has 0 spiro atoms. The smallest absolute Gasteiger partial charge is 0.306 e. The Morgan fingerprint density at radius 3 is 2.55 bits per heavy atom. The van der Waals surface area contributed by atoms with Crippen molar-refractivity contribution in [2.24, 2.45) is 0 Å². The van der Waals surface area contributed by atoms with Gasteiger partial charge in [0, 0.05) is 18.2 Å². The second-order valence-corrected chi connectivity index (χ2v) is 7.21. The lowest BCUT2D eigenvalue weighted by atomic mass is 10.1. The molecule has 0 aliphatic carbocycles. The van der Waals surface area contributed by atoms with Gasteiger partial charge in [-0.1, -0.05) is 24.3 Å². The summed E-state index contributed by atoms with van der Waals surface area (Å²) in [6, 6.07) is 13.4. The van der Waals surface area contributed by atoms with Gasteiger partial charge in [0.15, 0.2) is 17.6 Å². The molecular weight excluding hydrogens is 370 g/mol. The number of methoxy groups -OCH3 is 2. The summed E-state index contributed by atoms with van der Waals surface area (Å²) < 4.78 is 15.9. The summed E-state index contributed by atoms with van der Waals surface area (Å²) in [6.07, 6.45) is 0.644. The third-order valence-electron chi connectivity index (χ3n) is 5.17. The number of para-hydroxylation sites is 1. The number of nitrogens with zero attached hydrogens (tertiary/aromatic N) is 1. The van der Waals surface area contributed by atoms with Crippen LogP contribution in [0.5, 0.6) is 11.5 Å². The Morgan fingerprint density at radius 1 is 1.10 bits per heavy atom. The zero-order chi connectivity index (χ0) is 21.0. The Labute approximate surface area is 171 Å². The molecule has 1 aliphatic rings. The maximum atomic E-state index is 12.9. The van der Waals surface area contributed by atoms with E-state index in [0.29, 0.717) is 17.9 Å². The molecule has 3 rings (SSSR count). The lowest BCUT2D eigenvalue weighted by molar-refractivity contribution is -0.154. The number of anilines is 1. The van der Waals surface area contributed by atoms with Crippen LogP contribution in [0.4, 0.5) is 5.69 Å². The van der Waals surface area contributed by atoms with Crippen LogP contribution < -0.4 is 14.4 Å². The van der Waals surface area contributed by atoms with Crippen molar-refractivity contribution in [2.45, 2.75) is 45.3 Å². The maximum Gasteiger partial charge on any atom is 0.306 e. The van der Waals surface area contributed by atoms with Crippen molar-refractivity contribution in [2.75, 3.05) is 19.1 Å². The predicted molar refractivity (Wildman–Crippen MR) is 111 cm³/mol. The molecule has 154 valence electrons. The van der Waals surface area contributed by atoms with E-state index in [-0.39, 0.29) is 18.4 Å². The summed E-state index contributed by atoms with van der Waals surface area (Å²) in [5.41, 5.74) is 2.97. The molecule has 1 amide bonds. The highest BCUT2D eigenvalue weighted by Gasteiger charge is 2.34. The van der Waals surface area contributed by atoms with E-state index in [1.54, 1.807) is 32.1 Å². The molecule has 1 aliphatic heterocycles. The van der Waals surface area contributed by atoms with E-state index in [4.69, 9.17) is 14.2 Å². The number of hydrogen-bond donors (Lipinski definition) is 0. The fraction of sp³-hybridized carbons (Fsp3) is 0.391. The van der Waals surface area contributed by atoms with Crippen LogP contribution >= 0.6 is 0 Å². The van der Waals surface area contributed by atoms with Crippen molar-refractivity contribution < 1.29 is 23.8 Å². The molecular formula is C23H27NO5. The maximum absolute atomic E-state index is 12.9. The molecule has 0 saturated heterocycles. The molecule has 0 saturated carbocycles. The van der Waals surface area contributed by atoms with Gasteiger partial charge in [-0.3, -0.25) is 9.59 Å². The van der Waals surface area contributed by atoms with Gasteiger partial charge >= 0.3 is 5.97 Å². The van der Waals surface area contributed by atoms with Gasteiger partial charge in [0.1, 0.15) is 0 Å². The number of ether oxygens (including phenoxy) is 3. The van der Waals surface area contributed by atoms with Crippen molar-refractivity contribution in [3.8, 4) is 11.5 Å². The Balaban J connectivity index is 1.57. The topological polar surface area (TPSA) is 65.1 Å². The predicted octanol–water partition coefficient (Wildman–Crippen LogP) is 3.55. The number of carbonyl (C=O) groups is 2. The van der Waals surface area contributed by atoms with Crippen LogP contribution in [-0.2, 0) is 27.2 Å². The van der Waals surface area contributed by atoms with Crippen molar-refractivity contribution >= 4 is 17.6 Å². The van der Waals surface area contributed by atoms with Gasteiger partial charge in [-0.05, 0) is 56.0 Å². The fourth-order valence-electron chi connectivity index (χ4n) is 3.69. The van der Waals surface area contributed by atoms with E-state index in [0.717, 1.165) is 23.2 Å². The lowest BCUT2D eigenvalue weighted by Crippen LogP contribution is -2.43. The van der Waals surface area contributed by atoms with Gasteiger partial charge in [-0.15, -0.1) is 0 Å². The number of benzene rings is 2. The monoisotopic (exact) mass is 397 g/mol. The number of hydrogen-bond acceptors (Lipinski definition) is 5. The molecule has 2 aromatic rings. The normalized spacial score (nSPS) is 16.1. The minimum atomic E-state index is -0.832. The number of aryl methyl sites for hydroxylation is 1. The zero-order valence-corrected chi connectivity index (χ0v) is 17.3. The Kier molecular flexibility index (Phi) is 6.42. The van der Waals surface area contributed by atoms with Gasteiger partial charge in [0.05, 0.1) is 14.2 Å². The Hall–Kier alpha value is -3.02. The second-order valence-electron chi connectivity index (χ2n) is 7.21. The molecule has 6 heteroatoms. The highest BCUT2D eigenvalue weighted by atomic mass is 16.5. The molecule has 1 heterocycles. The van der Waals surface area contributed by atoms with Gasteiger partial charge in [-0.2, -0.15) is 0 Å². The number of fused-ring (bicyclic) bond motifs is 1. The number of esters is 1. The van der Waals surface area contributed by atoms with Crippen LogP contribution in [0.2, 0.25) is 0 Å². The van der Waals surface area contributed by atoms with Crippen LogP contribution in [-0.4, -0.2) is 38.2 Å². The number of amides is 1. The molecule has 6 nitrogen and oxygen atoms in total. The SMILES string of the molecule is COc1ccc(CCC(=O)O[C@@H](C)C(=O)N2c3ccccc3C[C@@H]2C)cc1OC. The van der Waals surface area contributed by atoms with E-state index in [2.05, 4.69) is 0 Å². The largest absolute Gasteiger partial charge is 0.493 e. The molecule has 2 aromatic carbocycles. The molecule has 0 N–H and O–H groups in total. The quantitative estimate of drug-likeness (QED) is 0.669. The zero-order valence-electron chi connectivity index (χ0n) is 17.3. The van der Waals surface area contributed by atoms with Crippen LogP contribution in [0, 0.1) is 0 Å². The summed E-state index contributed by atoms with van der Waals surface area (Å²) in [5.74, 6) is 0.657. The number of rotatable bonds is 7. The van der Waals surface area contributed by atoms with Crippen LogP contribution in [0.25, 0.3) is 0 Å². The van der Waals surface area contributed by atoms with Crippen LogP contribution in [0.3, 0.4) is 0 Å². The number of carbonyl (C=O) groups excluding carboxylic acids is 2. The first kappa shape index (κ1) is 20.7. The van der Waals surface area contributed by atoms with Crippen molar-refractivity contribution in [3.05, 3.63) is 53.6 Å². The van der Waals surface area contributed by atoms with Crippen LogP contribution in [0.15, 0.2) is 42.5 Å². The standard InChI is InChI=1S/C23H27NO5/c1-15-13-18-7-5-6-8-19(18)24(15)23(26)16(2)29-22(25)12-10-17-9-11-20(27-3)21(14-17)28-4/h5-9,11,14-16H,10,12-13H2,1-4H3/t15-,16-/m0/s1. The second kappa shape index (κ2) is 8.99. The summed E-state index contributed by atoms with van der Waals surface area (Å²) in [6.45, 7) is 3.63. The van der Waals surface area contributed by atoms with E-state index in [9.17, 15) is 9.59 Å². The van der Waals surface area contributed by atoms with Crippen LogP contribution in [0.1, 0.15) is 31.4 Å². The Morgan fingerprint density at radius 2 is 1.83 bits per heavy atom. The molecule has 0 unspecified atom stereocenters. The molecule has 0 radical (unpaired) electrons. The molecule has 0 fully saturated rings. The van der Waals surface area contributed by atoms with E-state index in [1.807, 2.05) is 43.3 Å². The average Bonchev–Trinajstić information content (AvgIpc) is 3.06. The molecule has 0 bridgehead atoms. The summed E-state index contributed by atoms with van der Waals surface area (Å²) in [4.78, 5) is 26.9. The summed E-state index contributed by atoms with van der Waals surface area (Å²) >= 11 is 0. The third kappa shape index (κ3) is 4.53. The first-order valence-corrected chi connectivity index (χ1v) is 9.76.